The Hall–Kier alpha value is -1.56. The minimum absolute atomic E-state index is 0.0421. The van der Waals surface area contributed by atoms with Gasteiger partial charge in [-0.05, 0) is 0 Å². The van der Waals surface area contributed by atoms with Gasteiger partial charge < -0.3 is 15.0 Å². The van der Waals surface area contributed by atoms with E-state index in [1.54, 1.807) is 17.3 Å². The van der Waals surface area contributed by atoms with Gasteiger partial charge in [0.15, 0.2) is 0 Å². The largest absolute Gasteiger partial charge is 0.378 e. The van der Waals surface area contributed by atoms with Crippen molar-refractivity contribution < 1.29 is 9.53 Å². The van der Waals surface area contributed by atoms with Crippen LogP contribution in [0.15, 0.2) is 12.4 Å². The van der Waals surface area contributed by atoms with E-state index >= 15 is 0 Å². The molecule has 1 aliphatic heterocycles. The maximum Gasteiger partial charge on any atom is 0.317 e. The molecule has 0 bridgehead atoms. The molecule has 0 atom stereocenters. The number of hydrogen-bond acceptors (Lipinski definition) is 3. The fourth-order valence-corrected chi connectivity index (χ4v) is 1.43. The molecule has 0 saturated carbocycles. The number of urea groups is 1. The lowest BCUT2D eigenvalue weighted by atomic mass is 10.3. The molecule has 1 aromatic rings. The van der Waals surface area contributed by atoms with Gasteiger partial charge in [-0.3, -0.25) is 5.10 Å². The molecule has 1 fully saturated rings. The molecule has 6 heteroatoms. The second kappa shape index (κ2) is 4.79. The summed E-state index contributed by atoms with van der Waals surface area (Å²) in [6, 6.07) is -0.0421. The maximum atomic E-state index is 11.6. The highest BCUT2D eigenvalue weighted by atomic mass is 16.5. The quantitative estimate of drug-likeness (QED) is 0.719. The van der Waals surface area contributed by atoms with E-state index in [9.17, 15) is 4.79 Å². The zero-order valence-corrected chi connectivity index (χ0v) is 8.40. The fourth-order valence-electron chi connectivity index (χ4n) is 1.43. The average Bonchev–Trinajstić information content (AvgIpc) is 2.80. The summed E-state index contributed by atoms with van der Waals surface area (Å²) in [5.74, 6) is 0. The number of carbonyl (C=O) groups is 1. The second-order valence-electron chi connectivity index (χ2n) is 3.36. The highest BCUT2D eigenvalue weighted by Crippen LogP contribution is 1.98. The first kappa shape index (κ1) is 9.97. The summed E-state index contributed by atoms with van der Waals surface area (Å²) >= 11 is 0. The number of nitrogens with zero attached hydrogens (tertiary/aromatic N) is 2. The highest BCUT2D eigenvalue weighted by molar-refractivity contribution is 5.74. The van der Waals surface area contributed by atoms with E-state index in [-0.39, 0.29) is 6.03 Å². The molecule has 0 radical (unpaired) electrons. The van der Waals surface area contributed by atoms with Crippen LogP contribution < -0.4 is 5.32 Å². The Kier molecular flexibility index (Phi) is 3.18. The molecule has 2 N–H and O–H groups in total. The number of carbonyl (C=O) groups excluding carboxylic acids is 1. The van der Waals surface area contributed by atoms with Crippen LogP contribution in [0.4, 0.5) is 4.79 Å². The van der Waals surface area contributed by atoms with Crippen molar-refractivity contribution in [2.24, 2.45) is 0 Å². The minimum Gasteiger partial charge on any atom is -0.378 e. The van der Waals surface area contributed by atoms with Crippen LogP contribution in [0.3, 0.4) is 0 Å². The van der Waals surface area contributed by atoms with Crippen molar-refractivity contribution >= 4 is 6.03 Å². The maximum absolute atomic E-state index is 11.6. The minimum atomic E-state index is -0.0421. The Morgan fingerprint density at radius 1 is 1.60 bits per heavy atom. The number of amides is 2. The Morgan fingerprint density at radius 3 is 3.07 bits per heavy atom. The van der Waals surface area contributed by atoms with Gasteiger partial charge in [-0.15, -0.1) is 0 Å². The van der Waals surface area contributed by atoms with Crippen molar-refractivity contribution in [2.45, 2.75) is 6.54 Å². The Labute approximate surface area is 87.6 Å². The van der Waals surface area contributed by atoms with E-state index in [0.717, 1.165) is 5.56 Å². The molecule has 6 nitrogen and oxygen atoms in total. The van der Waals surface area contributed by atoms with Gasteiger partial charge in [-0.1, -0.05) is 0 Å². The third-order valence-corrected chi connectivity index (χ3v) is 2.30. The molecule has 2 heterocycles. The number of aromatic amines is 1. The second-order valence-corrected chi connectivity index (χ2v) is 3.36. The van der Waals surface area contributed by atoms with Crippen LogP contribution in [0, 0.1) is 0 Å². The monoisotopic (exact) mass is 210 g/mol. The van der Waals surface area contributed by atoms with E-state index in [2.05, 4.69) is 15.5 Å². The predicted molar refractivity (Wildman–Crippen MR) is 53.2 cm³/mol. The Bertz CT molecular complexity index is 306. The number of morpholine rings is 1. The van der Waals surface area contributed by atoms with E-state index in [4.69, 9.17) is 4.74 Å². The van der Waals surface area contributed by atoms with Crippen molar-refractivity contribution in [1.29, 1.82) is 0 Å². The van der Waals surface area contributed by atoms with Crippen molar-refractivity contribution in [3.63, 3.8) is 0 Å². The molecular weight excluding hydrogens is 196 g/mol. The van der Waals surface area contributed by atoms with Crippen molar-refractivity contribution in [3.8, 4) is 0 Å². The molecule has 1 aliphatic rings. The lowest BCUT2D eigenvalue weighted by Crippen LogP contribution is -2.45. The number of hydrogen-bond donors (Lipinski definition) is 2. The third kappa shape index (κ3) is 2.69. The number of aromatic nitrogens is 2. The number of rotatable bonds is 2. The van der Waals surface area contributed by atoms with E-state index in [0.29, 0.717) is 32.8 Å². The number of ether oxygens (including phenoxy) is 1. The number of nitrogens with one attached hydrogen (secondary N) is 2. The van der Waals surface area contributed by atoms with Crippen LogP contribution in [0.5, 0.6) is 0 Å². The van der Waals surface area contributed by atoms with Crippen LogP contribution in [0.2, 0.25) is 0 Å². The fraction of sp³-hybridized carbons (Fsp3) is 0.556. The van der Waals surface area contributed by atoms with Crippen molar-refractivity contribution in [1.82, 2.24) is 20.4 Å². The summed E-state index contributed by atoms with van der Waals surface area (Å²) in [7, 11) is 0. The van der Waals surface area contributed by atoms with Gasteiger partial charge >= 0.3 is 6.03 Å². The molecule has 0 unspecified atom stereocenters. The Balaban J connectivity index is 1.76. The summed E-state index contributed by atoms with van der Waals surface area (Å²) in [5, 5.41) is 9.33. The Morgan fingerprint density at radius 2 is 2.40 bits per heavy atom. The molecule has 1 aromatic heterocycles. The van der Waals surface area contributed by atoms with Crippen LogP contribution >= 0.6 is 0 Å². The van der Waals surface area contributed by atoms with Crippen LogP contribution in [0.25, 0.3) is 0 Å². The normalized spacial score (nSPS) is 16.4. The lowest BCUT2D eigenvalue weighted by Gasteiger charge is -2.26. The van der Waals surface area contributed by atoms with Crippen LogP contribution in [-0.4, -0.2) is 47.4 Å². The molecular formula is C9H14N4O2. The summed E-state index contributed by atoms with van der Waals surface area (Å²) in [6.07, 6.45) is 3.46. The van der Waals surface area contributed by atoms with Crippen molar-refractivity contribution in [2.75, 3.05) is 26.3 Å². The first-order valence-corrected chi connectivity index (χ1v) is 4.94. The van der Waals surface area contributed by atoms with E-state index in [1.807, 2.05) is 0 Å². The van der Waals surface area contributed by atoms with Crippen LogP contribution in [-0.2, 0) is 11.3 Å². The van der Waals surface area contributed by atoms with E-state index in [1.165, 1.54) is 0 Å². The molecule has 0 aromatic carbocycles. The zero-order valence-electron chi connectivity index (χ0n) is 8.40. The first-order valence-electron chi connectivity index (χ1n) is 4.94. The predicted octanol–water partition coefficient (Wildman–Crippen LogP) is -0.0485. The third-order valence-electron chi connectivity index (χ3n) is 2.30. The topological polar surface area (TPSA) is 70.2 Å². The van der Waals surface area contributed by atoms with Gasteiger partial charge in [0.05, 0.1) is 19.4 Å². The molecule has 0 aliphatic carbocycles. The van der Waals surface area contributed by atoms with Gasteiger partial charge in [-0.25, -0.2) is 4.79 Å². The first-order chi connectivity index (χ1) is 7.36. The van der Waals surface area contributed by atoms with Gasteiger partial charge in [0.1, 0.15) is 0 Å². The average molecular weight is 210 g/mol. The molecule has 2 rings (SSSR count). The summed E-state index contributed by atoms with van der Waals surface area (Å²) in [5.41, 5.74) is 0.969. The molecule has 2 amide bonds. The summed E-state index contributed by atoms with van der Waals surface area (Å²) < 4.78 is 5.16. The molecule has 1 saturated heterocycles. The van der Waals surface area contributed by atoms with Gasteiger partial charge in [0.25, 0.3) is 0 Å². The molecule has 82 valence electrons. The highest BCUT2D eigenvalue weighted by Gasteiger charge is 2.15. The van der Waals surface area contributed by atoms with E-state index < -0.39 is 0 Å². The summed E-state index contributed by atoms with van der Waals surface area (Å²) in [4.78, 5) is 13.4. The van der Waals surface area contributed by atoms with Gasteiger partial charge in [-0.2, -0.15) is 5.10 Å². The number of H-pyrrole nitrogens is 1. The van der Waals surface area contributed by atoms with Gasteiger partial charge in [0.2, 0.25) is 0 Å². The molecule has 15 heavy (non-hydrogen) atoms. The van der Waals surface area contributed by atoms with Crippen molar-refractivity contribution in [3.05, 3.63) is 18.0 Å². The van der Waals surface area contributed by atoms with Crippen LogP contribution in [0.1, 0.15) is 5.56 Å². The standard InChI is InChI=1S/C9H14N4O2/c14-9(13-1-3-15-4-2-13)10-5-8-6-11-12-7-8/h6-7H,1-5H2,(H,10,14)(H,11,12). The SMILES string of the molecule is O=C(NCc1cn[nH]c1)N1CCOCC1. The smallest absolute Gasteiger partial charge is 0.317 e. The zero-order chi connectivity index (χ0) is 10.5. The lowest BCUT2D eigenvalue weighted by molar-refractivity contribution is 0.0531. The molecule has 0 spiro atoms. The summed E-state index contributed by atoms with van der Waals surface area (Å²) in [6.45, 7) is 3.08. The van der Waals surface area contributed by atoms with Gasteiger partial charge in [0, 0.05) is 31.4 Å².